The fourth-order valence-corrected chi connectivity index (χ4v) is 4.38. The average molecular weight is 401 g/mol. The molecule has 5 rings (SSSR count). The fraction of sp³-hybridized carbons (Fsp3) is 0.0690. The number of hydrogen-bond donors (Lipinski definition) is 0. The first-order valence-electron chi connectivity index (χ1n) is 10.6. The average Bonchev–Trinajstić information content (AvgIpc) is 3.18. The number of aromatic nitrogens is 2. The van der Waals surface area contributed by atoms with E-state index in [4.69, 9.17) is 5.10 Å². The summed E-state index contributed by atoms with van der Waals surface area (Å²) in [7, 11) is 2.05. The fourth-order valence-electron chi connectivity index (χ4n) is 4.38. The topological polar surface area (TPSA) is 17.8 Å². The van der Waals surface area contributed by atoms with Crippen LogP contribution in [0, 0.1) is 0 Å². The van der Waals surface area contributed by atoms with Gasteiger partial charge >= 0.3 is 0 Å². The second kappa shape index (κ2) is 8.45. The molecule has 0 unspecified atom stereocenters. The lowest BCUT2D eigenvalue weighted by atomic mass is 9.81. The highest BCUT2D eigenvalue weighted by atomic mass is 15.3. The Kier molecular flexibility index (Phi) is 5.20. The molecule has 0 atom stereocenters. The van der Waals surface area contributed by atoms with Crippen LogP contribution in [0.3, 0.4) is 0 Å². The quantitative estimate of drug-likeness (QED) is 0.313. The van der Waals surface area contributed by atoms with Gasteiger partial charge in [-0.1, -0.05) is 121 Å². The van der Waals surface area contributed by atoms with Crippen molar-refractivity contribution in [3.8, 4) is 22.5 Å². The Labute approximate surface area is 183 Å². The Morgan fingerprint density at radius 1 is 0.548 bits per heavy atom. The molecule has 0 bridgehead atoms. The highest BCUT2D eigenvalue weighted by Crippen LogP contribution is 2.43. The van der Waals surface area contributed by atoms with E-state index < -0.39 is 0 Å². The first-order valence-corrected chi connectivity index (χ1v) is 10.6. The Morgan fingerprint density at radius 2 is 0.968 bits per heavy atom. The van der Waals surface area contributed by atoms with E-state index >= 15 is 0 Å². The molecular formula is C29H24N2. The standard InChI is InChI=1S/C29H24N2/c1-31-29(25-20-12-5-13-21-25)27(28(30-31)24-18-10-4-11-19-24)26(22-14-6-2-7-15-22)23-16-8-3-9-17-23/h2-21,26H,1H3. The lowest BCUT2D eigenvalue weighted by molar-refractivity contribution is 0.778. The maximum absolute atomic E-state index is 5.05. The molecule has 0 saturated heterocycles. The van der Waals surface area contributed by atoms with Gasteiger partial charge in [0.15, 0.2) is 0 Å². The van der Waals surface area contributed by atoms with Crippen molar-refractivity contribution in [2.45, 2.75) is 5.92 Å². The van der Waals surface area contributed by atoms with Crippen molar-refractivity contribution in [2.75, 3.05) is 0 Å². The zero-order chi connectivity index (χ0) is 21.0. The van der Waals surface area contributed by atoms with Crippen LogP contribution in [0.1, 0.15) is 22.6 Å². The van der Waals surface area contributed by atoms with Crippen molar-refractivity contribution in [1.29, 1.82) is 0 Å². The van der Waals surface area contributed by atoms with Gasteiger partial charge in [-0.2, -0.15) is 5.10 Å². The number of hydrogen-bond acceptors (Lipinski definition) is 1. The Hall–Kier alpha value is -3.91. The summed E-state index contributed by atoms with van der Waals surface area (Å²) < 4.78 is 2.03. The van der Waals surface area contributed by atoms with Gasteiger partial charge in [0, 0.05) is 29.7 Å². The molecule has 5 aromatic rings. The minimum absolute atomic E-state index is 0.0708. The van der Waals surface area contributed by atoms with Crippen molar-refractivity contribution < 1.29 is 0 Å². The summed E-state index contributed by atoms with van der Waals surface area (Å²) >= 11 is 0. The smallest absolute Gasteiger partial charge is 0.0971 e. The van der Waals surface area contributed by atoms with Gasteiger partial charge in [-0.25, -0.2) is 0 Å². The maximum Gasteiger partial charge on any atom is 0.0971 e. The molecule has 2 nitrogen and oxygen atoms in total. The molecule has 0 aliphatic heterocycles. The normalized spacial score (nSPS) is 11.0. The Balaban J connectivity index is 1.85. The predicted octanol–water partition coefficient (Wildman–Crippen LogP) is 6.93. The highest BCUT2D eigenvalue weighted by Gasteiger charge is 2.28. The molecule has 31 heavy (non-hydrogen) atoms. The Bertz CT molecular complexity index is 1220. The van der Waals surface area contributed by atoms with E-state index in [1.54, 1.807) is 0 Å². The van der Waals surface area contributed by atoms with Gasteiger partial charge in [-0.3, -0.25) is 4.68 Å². The van der Waals surface area contributed by atoms with Gasteiger partial charge in [0.25, 0.3) is 0 Å². The SMILES string of the molecule is Cn1nc(-c2ccccc2)c(C(c2ccccc2)c2ccccc2)c1-c1ccccc1. The molecule has 0 radical (unpaired) electrons. The minimum Gasteiger partial charge on any atom is -0.267 e. The monoisotopic (exact) mass is 400 g/mol. The van der Waals surface area contributed by atoms with Crippen molar-refractivity contribution in [1.82, 2.24) is 9.78 Å². The van der Waals surface area contributed by atoms with E-state index in [9.17, 15) is 0 Å². The van der Waals surface area contributed by atoms with Crippen molar-refractivity contribution >= 4 is 0 Å². The van der Waals surface area contributed by atoms with Crippen LogP contribution in [-0.4, -0.2) is 9.78 Å². The first-order chi connectivity index (χ1) is 15.3. The second-order valence-corrected chi connectivity index (χ2v) is 7.72. The summed E-state index contributed by atoms with van der Waals surface area (Å²) in [6, 6.07) is 42.6. The summed E-state index contributed by atoms with van der Waals surface area (Å²) in [5.74, 6) is 0.0708. The van der Waals surface area contributed by atoms with Crippen LogP contribution in [0.25, 0.3) is 22.5 Å². The van der Waals surface area contributed by atoms with Crippen LogP contribution in [-0.2, 0) is 7.05 Å². The van der Waals surface area contributed by atoms with Gasteiger partial charge in [-0.15, -0.1) is 0 Å². The molecule has 1 heterocycles. The molecule has 0 aliphatic carbocycles. The summed E-state index contributed by atoms with van der Waals surface area (Å²) in [4.78, 5) is 0. The summed E-state index contributed by atoms with van der Waals surface area (Å²) in [5, 5.41) is 5.05. The van der Waals surface area contributed by atoms with Crippen molar-refractivity contribution in [2.24, 2.45) is 7.05 Å². The van der Waals surface area contributed by atoms with Crippen LogP contribution >= 0.6 is 0 Å². The summed E-state index contributed by atoms with van der Waals surface area (Å²) in [5.41, 5.74) is 8.24. The number of nitrogens with zero attached hydrogens (tertiary/aromatic N) is 2. The zero-order valence-corrected chi connectivity index (χ0v) is 17.5. The minimum atomic E-state index is 0.0708. The third kappa shape index (κ3) is 3.69. The number of rotatable bonds is 5. The number of benzene rings is 4. The summed E-state index contributed by atoms with van der Waals surface area (Å²) in [6.07, 6.45) is 0. The van der Waals surface area contributed by atoms with Crippen LogP contribution in [0.15, 0.2) is 121 Å². The Morgan fingerprint density at radius 3 is 1.45 bits per heavy atom. The molecule has 0 amide bonds. The van der Waals surface area contributed by atoms with Crippen molar-refractivity contribution in [3.63, 3.8) is 0 Å². The predicted molar refractivity (Wildman–Crippen MR) is 128 cm³/mol. The van der Waals surface area contributed by atoms with Crippen molar-refractivity contribution in [3.05, 3.63) is 138 Å². The molecule has 0 fully saturated rings. The molecule has 1 aromatic heterocycles. The molecule has 0 aliphatic rings. The van der Waals surface area contributed by atoms with E-state index in [0.717, 1.165) is 17.0 Å². The third-order valence-electron chi connectivity index (χ3n) is 5.73. The van der Waals surface area contributed by atoms with Crippen LogP contribution in [0.5, 0.6) is 0 Å². The second-order valence-electron chi connectivity index (χ2n) is 7.72. The largest absolute Gasteiger partial charge is 0.267 e. The summed E-state index contributed by atoms with van der Waals surface area (Å²) in [6.45, 7) is 0. The van der Waals surface area contributed by atoms with Gasteiger partial charge in [0.1, 0.15) is 0 Å². The highest BCUT2D eigenvalue weighted by molar-refractivity contribution is 5.77. The van der Waals surface area contributed by atoms with Crippen LogP contribution < -0.4 is 0 Å². The van der Waals surface area contributed by atoms with E-state index in [2.05, 4.69) is 121 Å². The van der Waals surface area contributed by atoms with E-state index in [1.165, 1.54) is 22.3 Å². The third-order valence-corrected chi connectivity index (χ3v) is 5.73. The molecule has 4 aromatic carbocycles. The zero-order valence-electron chi connectivity index (χ0n) is 17.5. The first kappa shape index (κ1) is 19.1. The van der Waals surface area contributed by atoms with Gasteiger partial charge in [0.2, 0.25) is 0 Å². The maximum atomic E-state index is 5.05. The lowest BCUT2D eigenvalue weighted by Gasteiger charge is -2.21. The van der Waals surface area contributed by atoms with E-state index in [0.29, 0.717) is 0 Å². The molecule has 0 N–H and O–H groups in total. The van der Waals surface area contributed by atoms with Crippen LogP contribution in [0.4, 0.5) is 0 Å². The van der Waals surface area contributed by atoms with Gasteiger partial charge in [0.05, 0.1) is 11.4 Å². The molecule has 0 saturated carbocycles. The van der Waals surface area contributed by atoms with Gasteiger partial charge in [-0.05, 0) is 11.1 Å². The van der Waals surface area contributed by atoms with Gasteiger partial charge < -0.3 is 0 Å². The number of aryl methyl sites for hydroxylation is 1. The molecule has 150 valence electrons. The molecular weight excluding hydrogens is 376 g/mol. The lowest BCUT2D eigenvalue weighted by Crippen LogP contribution is -2.06. The van der Waals surface area contributed by atoms with E-state index in [1.807, 2.05) is 11.7 Å². The molecule has 2 heteroatoms. The van der Waals surface area contributed by atoms with E-state index in [-0.39, 0.29) is 5.92 Å². The van der Waals surface area contributed by atoms with Crippen LogP contribution in [0.2, 0.25) is 0 Å². The molecule has 0 spiro atoms.